The number of nitrogens with zero attached hydrogens (tertiary/aromatic N) is 1. The number of carboxylic acids is 1. The van der Waals surface area contributed by atoms with Gasteiger partial charge in [0.15, 0.2) is 0 Å². The highest BCUT2D eigenvalue weighted by Crippen LogP contribution is 2.12. The third-order valence-electron chi connectivity index (χ3n) is 1.98. The zero-order chi connectivity index (χ0) is 13.1. The van der Waals surface area contributed by atoms with Crippen LogP contribution >= 0.6 is 0 Å². The Bertz CT molecular complexity index is 458. The summed E-state index contributed by atoms with van der Waals surface area (Å²) >= 11 is 0. The highest BCUT2D eigenvalue weighted by molar-refractivity contribution is 7.85. The summed E-state index contributed by atoms with van der Waals surface area (Å²) in [5.74, 6) is -0.966. The van der Waals surface area contributed by atoms with Gasteiger partial charge in [-0.2, -0.15) is 4.40 Å². The number of hydrogen-bond donors (Lipinski definition) is 1. The van der Waals surface area contributed by atoms with Gasteiger partial charge < -0.3 is 5.11 Å². The van der Waals surface area contributed by atoms with Crippen molar-refractivity contribution in [1.29, 1.82) is 0 Å². The van der Waals surface area contributed by atoms with Gasteiger partial charge in [-0.1, -0.05) is 12.1 Å². The monoisotopic (exact) mass is 253 g/mol. The van der Waals surface area contributed by atoms with E-state index in [9.17, 15) is 9.00 Å². The van der Waals surface area contributed by atoms with E-state index in [1.165, 1.54) is 18.3 Å². The molecular weight excluding hydrogens is 238 g/mol. The minimum Gasteiger partial charge on any atom is -0.478 e. The first-order valence-corrected chi connectivity index (χ1v) is 6.21. The maximum Gasteiger partial charge on any atom is 0.335 e. The first kappa shape index (κ1) is 13.6. The van der Waals surface area contributed by atoms with Gasteiger partial charge in [-0.25, -0.2) is 9.00 Å². The van der Waals surface area contributed by atoms with Crippen molar-refractivity contribution < 1.29 is 14.1 Å². The number of benzene rings is 1. The van der Waals surface area contributed by atoms with Gasteiger partial charge in [0, 0.05) is 6.21 Å². The molecule has 0 amide bonds. The number of carboxylic acid groups (broad SMARTS) is 1. The third kappa shape index (κ3) is 4.11. The van der Waals surface area contributed by atoms with Crippen LogP contribution in [0, 0.1) is 0 Å². The van der Waals surface area contributed by atoms with E-state index in [1.54, 1.807) is 12.1 Å². The van der Waals surface area contributed by atoms with Crippen LogP contribution in [-0.2, 0) is 11.0 Å². The summed E-state index contributed by atoms with van der Waals surface area (Å²) in [6, 6.07) is 6.24. The van der Waals surface area contributed by atoms with Crippen molar-refractivity contribution in [3.63, 3.8) is 0 Å². The Kier molecular flexibility index (Phi) is 4.17. The molecule has 0 saturated heterocycles. The SMILES string of the molecule is CC(C)(C)S(=O)N=Cc1ccc(C(=O)O)cc1. The molecule has 1 atom stereocenters. The second-order valence-corrected chi connectivity index (χ2v) is 6.46. The number of aromatic carboxylic acids is 1. The molecule has 1 N–H and O–H groups in total. The number of hydrogen-bond acceptors (Lipinski definition) is 2. The van der Waals surface area contributed by atoms with Gasteiger partial charge in [0.1, 0.15) is 11.0 Å². The summed E-state index contributed by atoms with van der Waals surface area (Å²) in [6.07, 6.45) is 1.49. The van der Waals surface area contributed by atoms with Gasteiger partial charge in [0.05, 0.1) is 10.3 Å². The average molecular weight is 253 g/mol. The smallest absolute Gasteiger partial charge is 0.335 e. The topological polar surface area (TPSA) is 66.7 Å². The summed E-state index contributed by atoms with van der Waals surface area (Å²) in [5.41, 5.74) is 0.951. The van der Waals surface area contributed by atoms with Crippen LogP contribution in [0.2, 0.25) is 0 Å². The Hall–Kier alpha value is -1.49. The Morgan fingerprint density at radius 3 is 2.24 bits per heavy atom. The molecule has 0 radical (unpaired) electrons. The van der Waals surface area contributed by atoms with Crippen LogP contribution in [0.5, 0.6) is 0 Å². The third-order valence-corrected chi connectivity index (χ3v) is 3.32. The Morgan fingerprint density at radius 1 is 1.29 bits per heavy atom. The van der Waals surface area contributed by atoms with Crippen LogP contribution in [0.1, 0.15) is 36.7 Å². The molecule has 0 aliphatic rings. The van der Waals surface area contributed by atoms with Crippen molar-refractivity contribution in [3.05, 3.63) is 35.4 Å². The van der Waals surface area contributed by atoms with Crippen molar-refractivity contribution in [1.82, 2.24) is 0 Å². The van der Waals surface area contributed by atoms with Crippen LogP contribution in [0.3, 0.4) is 0 Å². The zero-order valence-corrected chi connectivity index (χ0v) is 10.8. The number of carbonyl (C=O) groups is 1. The molecule has 1 aromatic rings. The Labute approximate surface area is 103 Å². The molecule has 4 nitrogen and oxygen atoms in total. The van der Waals surface area contributed by atoms with Crippen molar-refractivity contribution in [2.75, 3.05) is 0 Å². The maximum absolute atomic E-state index is 11.6. The summed E-state index contributed by atoms with van der Waals surface area (Å²) < 4.78 is 15.2. The quantitative estimate of drug-likeness (QED) is 0.840. The summed E-state index contributed by atoms with van der Waals surface area (Å²) in [7, 11) is -1.30. The van der Waals surface area contributed by atoms with E-state index in [0.717, 1.165) is 5.56 Å². The second-order valence-electron chi connectivity index (χ2n) is 4.52. The highest BCUT2D eigenvalue weighted by atomic mass is 32.2. The second kappa shape index (κ2) is 5.23. The largest absolute Gasteiger partial charge is 0.478 e. The molecule has 1 aromatic carbocycles. The summed E-state index contributed by atoms with van der Waals surface area (Å²) in [4.78, 5) is 10.6. The highest BCUT2D eigenvalue weighted by Gasteiger charge is 2.18. The molecular formula is C12H15NO3S. The zero-order valence-electron chi connectivity index (χ0n) is 10.0. The van der Waals surface area contributed by atoms with Gasteiger partial charge >= 0.3 is 5.97 Å². The molecule has 0 bridgehead atoms. The van der Waals surface area contributed by atoms with Crippen molar-refractivity contribution in [2.24, 2.45) is 4.40 Å². The van der Waals surface area contributed by atoms with Gasteiger partial charge in [0.25, 0.3) is 0 Å². The van der Waals surface area contributed by atoms with Gasteiger partial charge in [-0.15, -0.1) is 0 Å². The van der Waals surface area contributed by atoms with Gasteiger partial charge in [-0.3, -0.25) is 0 Å². The predicted octanol–water partition coefficient (Wildman–Crippen LogP) is 2.27. The molecule has 0 saturated carbocycles. The predicted molar refractivity (Wildman–Crippen MR) is 68.9 cm³/mol. The van der Waals surface area contributed by atoms with Gasteiger partial charge in [-0.05, 0) is 38.5 Å². The fourth-order valence-electron chi connectivity index (χ4n) is 0.979. The molecule has 5 heteroatoms. The van der Waals surface area contributed by atoms with E-state index in [-0.39, 0.29) is 5.56 Å². The van der Waals surface area contributed by atoms with Crippen LogP contribution < -0.4 is 0 Å². The normalized spacial score (nSPS) is 13.8. The van der Waals surface area contributed by atoms with Crippen molar-refractivity contribution in [2.45, 2.75) is 25.5 Å². The lowest BCUT2D eigenvalue weighted by molar-refractivity contribution is 0.0697. The average Bonchev–Trinajstić information content (AvgIpc) is 2.25. The van der Waals surface area contributed by atoms with E-state index in [4.69, 9.17) is 5.11 Å². The number of rotatable bonds is 3. The maximum atomic E-state index is 11.6. The van der Waals surface area contributed by atoms with Crippen LogP contribution in [0.25, 0.3) is 0 Å². The van der Waals surface area contributed by atoms with Crippen molar-refractivity contribution in [3.8, 4) is 0 Å². The minimum atomic E-state index is -1.30. The van der Waals surface area contributed by atoms with E-state index >= 15 is 0 Å². The molecule has 0 aliphatic carbocycles. The Morgan fingerprint density at radius 2 is 1.82 bits per heavy atom. The lowest BCUT2D eigenvalue weighted by Crippen LogP contribution is -2.19. The molecule has 0 fully saturated rings. The molecule has 1 rings (SSSR count). The molecule has 0 spiro atoms. The van der Waals surface area contributed by atoms with Crippen LogP contribution in [0.15, 0.2) is 28.7 Å². The lowest BCUT2D eigenvalue weighted by Gasteiger charge is -2.12. The van der Waals surface area contributed by atoms with Gasteiger partial charge in [0.2, 0.25) is 0 Å². The molecule has 92 valence electrons. The van der Waals surface area contributed by atoms with Crippen LogP contribution in [0.4, 0.5) is 0 Å². The van der Waals surface area contributed by atoms with E-state index in [1.807, 2.05) is 20.8 Å². The standard InChI is InChI=1S/C12H15NO3S/c1-12(2,3)17(16)13-8-9-4-6-10(7-5-9)11(14)15/h4-8H,1-3H3,(H,14,15). The summed E-state index contributed by atoms with van der Waals surface area (Å²) in [6.45, 7) is 5.52. The minimum absolute atomic E-state index is 0.221. The molecule has 0 aliphatic heterocycles. The molecule has 0 heterocycles. The molecule has 0 aromatic heterocycles. The van der Waals surface area contributed by atoms with E-state index in [2.05, 4.69) is 4.40 Å². The fourth-order valence-corrected chi connectivity index (χ4v) is 1.51. The van der Waals surface area contributed by atoms with E-state index in [0.29, 0.717) is 0 Å². The summed E-state index contributed by atoms with van der Waals surface area (Å²) in [5, 5.41) is 8.72. The first-order valence-electron chi connectivity index (χ1n) is 5.10. The molecule has 17 heavy (non-hydrogen) atoms. The first-order chi connectivity index (χ1) is 7.80. The fraction of sp³-hybridized carbons (Fsp3) is 0.333. The lowest BCUT2D eigenvalue weighted by atomic mass is 10.1. The van der Waals surface area contributed by atoms with Crippen LogP contribution in [-0.4, -0.2) is 26.2 Å². The Balaban J connectivity index is 2.80. The van der Waals surface area contributed by atoms with Crippen molar-refractivity contribution >= 4 is 23.2 Å². The van der Waals surface area contributed by atoms with E-state index < -0.39 is 21.7 Å². The molecule has 1 unspecified atom stereocenters.